The number of amides is 1. The van der Waals surface area contributed by atoms with E-state index < -0.39 is 11.9 Å². The molecule has 5 N–H and O–H groups in total. The standard InChI is InChI=1S/C6H8N4O3/c7-2-5(11)8-4-1-3(6(12)13)9-10-4/h1H,2,7H2,(H,12,13)(H2,8,9,10,11). The van der Waals surface area contributed by atoms with Crippen LogP contribution < -0.4 is 11.1 Å². The van der Waals surface area contributed by atoms with Gasteiger partial charge in [0.15, 0.2) is 5.82 Å². The first-order chi connectivity index (χ1) is 6.13. The highest BCUT2D eigenvalue weighted by Gasteiger charge is 2.08. The second-order valence-electron chi connectivity index (χ2n) is 2.22. The molecular weight excluding hydrogens is 176 g/mol. The Morgan fingerprint density at radius 3 is 2.85 bits per heavy atom. The topological polar surface area (TPSA) is 121 Å². The third-order valence-electron chi connectivity index (χ3n) is 1.26. The van der Waals surface area contributed by atoms with E-state index in [1.807, 2.05) is 0 Å². The number of anilines is 1. The van der Waals surface area contributed by atoms with Crippen molar-refractivity contribution in [2.45, 2.75) is 0 Å². The van der Waals surface area contributed by atoms with Crippen LogP contribution in [0.2, 0.25) is 0 Å². The molecule has 1 rings (SSSR count). The largest absolute Gasteiger partial charge is 0.477 e. The van der Waals surface area contributed by atoms with Crippen LogP contribution in [0.4, 0.5) is 5.82 Å². The van der Waals surface area contributed by atoms with Crippen molar-refractivity contribution in [1.29, 1.82) is 0 Å². The smallest absolute Gasteiger partial charge is 0.353 e. The molecule has 0 aliphatic rings. The molecule has 0 bridgehead atoms. The number of nitrogens with one attached hydrogen (secondary N) is 2. The average Bonchev–Trinajstić information content (AvgIpc) is 2.52. The van der Waals surface area contributed by atoms with E-state index in [1.165, 1.54) is 6.07 Å². The summed E-state index contributed by atoms with van der Waals surface area (Å²) >= 11 is 0. The number of aromatic carboxylic acids is 1. The number of carbonyl (C=O) groups excluding carboxylic acids is 1. The summed E-state index contributed by atoms with van der Waals surface area (Å²) in [6, 6.07) is 1.20. The van der Waals surface area contributed by atoms with E-state index >= 15 is 0 Å². The summed E-state index contributed by atoms with van der Waals surface area (Å²) in [5, 5.41) is 16.5. The van der Waals surface area contributed by atoms with Gasteiger partial charge in [0.25, 0.3) is 0 Å². The first-order valence-electron chi connectivity index (χ1n) is 3.42. The number of carboxylic acid groups (broad SMARTS) is 1. The molecule has 13 heavy (non-hydrogen) atoms. The minimum atomic E-state index is -1.14. The molecule has 0 unspecified atom stereocenters. The highest BCUT2D eigenvalue weighted by Crippen LogP contribution is 2.04. The molecule has 0 saturated heterocycles. The number of nitrogens with two attached hydrogens (primary N) is 1. The number of H-pyrrole nitrogens is 1. The van der Waals surface area contributed by atoms with Crippen LogP contribution >= 0.6 is 0 Å². The highest BCUT2D eigenvalue weighted by atomic mass is 16.4. The fraction of sp³-hybridized carbons (Fsp3) is 0.167. The second-order valence-corrected chi connectivity index (χ2v) is 2.22. The summed E-state index contributed by atoms with van der Waals surface area (Å²) in [7, 11) is 0. The number of aromatic amines is 1. The summed E-state index contributed by atoms with van der Waals surface area (Å²) in [5.74, 6) is -1.42. The highest BCUT2D eigenvalue weighted by molar-refractivity contribution is 5.93. The molecule has 1 heterocycles. The molecule has 0 radical (unpaired) electrons. The lowest BCUT2D eigenvalue weighted by Crippen LogP contribution is -2.21. The van der Waals surface area contributed by atoms with Crippen LogP contribution in [0.25, 0.3) is 0 Å². The fourth-order valence-corrected chi connectivity index (χ4v) is 0.689. The Labute approximate surface area is 72.9 Å². The van der Waals surface area contributed by atoms with Crippen molar-refractivity contribution in [2.24, 2.45) is 5.73 Å². The minimum Gasteiger partial charge on any atom is -0.477 e. The molecule has 1 amide bonds. The van der Waals surface area contributed by atoms with Crippen molar-refractivity contribution in [1.82, 2.24) is 10.2 Å². The van der Waals surface area contributed by atoms with Crippen LogP contribution in [-0.2, 0) is 4.79 Å². The van der Waals surface area contributed by atoms with Crippen LogP contribution in [0.1, 0.15) is 10.5 Å². The number of aromatic nitrogens is 2. The molecule has 1 aromatic rings. The van der Waals surface area contributed by atoms with E-state index in [9.17, 15) is 9.59 Å². The number of carbonyl (C=O) groups is 2. The van der Waals surface area contributed by atoms with E-state index in [0.717, 1.165) is 0 Å². The van der Waals surface area contributed by atoms with Crippen molar-refractivity contribution < 1.29 is 14.7 Å². The third-order valence-corrected chi connectivity index (χ3v) is 1.26. The van der Waals surface area contributed by atoms with E-state index in [1.54, 1.807) is 0 Å². The van der Waals surface area contributed by atoms with Gasteiger partial charge in [-0.3, -0.25) is 9.89 Å². The van der Waals surface area contributed by atoms with Crippen molar-refractivity contribution >= 4 is 17.7 Å². The fourth-order valence-electron chi connectivity index (χ4n) is 0.689. The number of hydrogen-bond acceptors (Lipinski definition) is 4. The van der Waals surface area contributed by atoms with Crippen molar-refractivity contribution in [3.05, 3.63) is 11.8 Å². The molecule has 0 spiro atoms. The molecule has 0 fully saturated rings. The summed E-state index contributed by atoms with van der Waals surface area (Å²) in [4.78, 5) is 21.1. The first kappa shape index (κ1) is 9.20. The van der Waals surface area contributed by atoms with Gasteiger partial charge in [-0.05, 0) is 0 Å². The monoisotopic (exact) mass is 184 g/mol. The lowest BCUT2D eigenvalue weighted by molar-refractivity contribution is -0.114. The first-order valence-corrected chi connectivity index (χ1v) is 3.42. The van der Waals surface area contributed by atoms with Crippen molar-refractivity contribution in [3.63, 3.8) is 0 Å². The van der Waals surface area contributed by atoms with Crippen LogP contribution in [0.5, 0.6) is 0 Å². The number of rotatable bonds is 3. The number of carboxylic acids is 1. The van der Waals surface area contributed by atoms with Gasteiger partial charge in [0, 0.05) is 6.07 Å². The number of nitrogens with zero attached hydrogens (tertiary/aromatic N) is 1. The van der Waals surface area contributed by atoms with Crippen LogP contribution in [0, 0.1) is 0 Å². The molecule has 7 nitrogen and oxygen atoms in total. The molecule has 7 heteroatoms. The van der Waals surface area contributed by atoms with E-state index in [4.69, 9.17) is 10.8 Å². The zero-order valence-electron chi connectivity index (χ0n) is 6.57. The maximum absolute atomic E-state index is 10.7. The molecule has 1 aromatic heterocycles. The molecular formula is C6H8N4O3. The van der Waals surface area contributed by atoms with E-state index in [2.05, 4.69) is 15.5 Å². The average molecular weight is 184 g/mol. The van der Waals surface area contributed by atoms with Gasteiger partial charge in [-0.1, -0.05) is 0 Å². The zero-order valence-corrected chi connectivity index (χ0v) is 6.57. The summed E-state index contributed by atoms with van der Waals surface area (Å²) in [5.41, 5.74) is 4.93. The Morgan fingerprint density at radius 1 is 1.69 bits per heavy atom. The van der Waals surface area contributed by atoms with Gasteiger partial charge in [0.2, 0.25) is 5.91 Å². The molecule has 0 saturated carbocycles. The molecule has 0 atom stereocenters. The molecule has 70 valence electrons. The summed E-state index contributed by atoms with van der Waals surface area (Å²) in [6.45, 7) is -0.171. The van der Waals surface area contributed by atoms with Gasteiger partial charge in [0.1, 0.15) is 5.69 Å². The molecule has 0 aliphatic carbocycles. The Kier molecular flexibility index (Phi) is 2.60. The predicted molar refractivity (Wildman–Crippen MR) is 43.2 cm³/mol. The molecule has 0 aromatic carbocycles. The lowest BCUT2D eigenvalue weighted by atomic mass is 10.4. The normalized spacial score (nSPS) is 9.62. The van der Waals surface area contributed by atoms with Crippen molar-refractivity contribution in [2.75, 3.05) is 11.9 Å². The van der Waals surface area contributed by atoms with Gasteiger partial charge >= 0.3 is 5.97 Å². The summed E-state index contributed by atoms with van der Waals surface area (Å²) < 4.78 is 0. The van der Waals surface area contributed by atoms with E-state index in [0.29, 0.717) is 0 Å². The maximum atomic E-state index is 10.7. The zero-order chi connectivity index (χ0) is 9.84. The van der Waals surface area contributed by atoms with Gasteiger partial charge in [-0.25, -0.2) is 4.79 Å². The van der Waals surface area contributed by atoms with Crippen LogP contribution in [-0.4, -0.2) is 33.7 Å². The maximum Gasteiger partial charge on any atom is 0.353 e. The van der Waals surface area contributed by atoms with Crippen molar-refractivity contribution in [3.8, 4) is 0 Å². The quantitative estimate of drug-likeness (QED) is 0.480. The van der Waals surface area contributed by atoms with Crippen LogP contribution in [0.15, 0.2) is 6.07 Å². The molecule has 0 aliphatic heterocycles. The Hall–Kier alpha value is -1.89. The van der Waals surface area contributed by atoms with Crippen LogP contribution in [0.3, 0.4) is 0 Å². The second kappa shape index (κ2) is 3.68. The SMILES string of the molecule is NCC(=O)Nc1cc(C(=O)O)[nH]n1. The van der Waals surface area contributed by atoms with Gasteiger partial charge < -0.3 is 16.2 Å². The Bertz CT molecular complexity index is 332. The van der Waals surface area contributed by atoms with Gasteiger partial charge in [0.05, 0.1) is 6.54 Å². The van der Waals surface area contributed by atoms with E-state index in [-0.39, 0.29) is 18.1 Å². The van der Waals surface area contributed by atoms with Gasteiger partial charge in [-0.15, -0.1) is 0 Å². The Balaban J connectivity index is 2.69. The summed E-state index contributed by atoms with van der Waals surface area (Å²) in [6.07, 6.45) is 0. The third kappa shape index (κ3) is 2.27. The Morgan fingerprint density at radius 2 is 2.38 bits per heavy atom. The lowest BCUT2D eigenvalue weighted by Gasteiger charge is -1.95. The number of hydrogen-bond donors (Lipinski definition) is 4. The minimum absolute atomic E-state index is 0.0904. The van der Waals surface area contributed by atoms with Gasteiger partial charge in [-0.2, -0.15) is 5.10 Å². The predicted octanol–water partition coefficient (Wildman–Crippen LogP) is -0.995.